The van der Waals surface area contributed by atoms with Crippen molar-refractivity contribution in [2.24, 2.45) is 5.73 Å². The lowest BCUT2D eigenvalue weighted by Gasteiger charge is -2.12. The summed E-state index contributed by atoms with van der Waals surface area (Å²) in [6.07, 6.45) is 2.17. The maximum Gasteiger partial charge on any atom is 0.00749 e. The monoisotopic (exact) mass is 285 g/mol. The topological polar surface area (TPSA) is 26.0 Å². The molecule has 0 saturated heterocycles. The quantitative estimate of drug-likeness (QED) is 0.759. The lowest BCUT2D eigenvalue weighted by Crippen LogP contribution is -2.04. The molecule has 0 spiro atoms. The van der Waals surface area contributed by atoms with Gasteiger partial charge in [0.05, 0.1) is 0 Å². The summed E-state index contributed by atoms with van der Waals surface area (Å²) in [7, 11) is 0. The third kappa shape index (κ3) is 4.69. The van der Waals surface area contributed by atoms with E-state index < -0.39 is 0 Å². The van der Waals surface area contributed by atoms with Gasteiger partial charge in [0.2, 0.25) is 0 Å². The summed E-state index contributed by atoms with van der Waals surface area (Å²) >= 11 is 1.93. The van der Waals surface area contributed by atoms with Crippen molar-refractivity contribution >= 4 is 11.8 Å². The number of aryl methyl sites for hydroxylation is 1. The van der Waals surface area contributed by atoms with Gasteiger partial charge in [-0.3, -0.25) is 0 Å². The summed E-state index contributed by atoms with van der Waals surface area (Å²) in [5.41, 5.74) is 8.46. The van der Waals surface area contributed by atoms with Gasteiger partial charge in [0.25, 0.3) is 0 Å². The lowest BCUT2D eigenvalue weighted by atomic mass is 9.98. The highest BCUT2D eigenvalue weighted by Crippen LogP contribution is 2.25. The number of benzene rings is 2. The van der Waals surface area contributed by atoms with E-state index in [-0.39, 0.29) is 0 Å². The largest absolute Gasteiger partial charge is 0.330 e. The van der Waals surface area contributed by atoms with E-state index in [4.69, 9.17) is 5.73 Å². The summed E-state index contributed by atoms with van der Waals surface area (Å²) in [6, 6.07) is 19.6. The Bertz CT molecular complexity index is 510. The van der Waals surface area contributed by atoms with E-state index in [2.05, 4.69) is 61.5 Å². The number of nitrogens with two attached hydrogens (primary N) is 1. The van der Waals surface area contributed by atoms with Crippen molar-refractivity contribution in [3.8, 4) is 0 Å². The molecule has 2 rings (SSSR count). The minimum atomic E-state index is 0.551. The minimum Gasteiger partial charge on any atom is -0.330 e. The number of thioether (sulfide) groups is 1. The van der Waals surface area contributed by atoms with Gasteiger partial charge < -0.3 is 5.73 Å². The molecular formula is C18H23NS. The van der Waals surface area contributed by atoms with Gasteiger partial charge in [0, 0.05) is 10.6 Å². The molecule has 1 atom stereocenters. The van der Waals surface area contributed by atoms with Crippen LogP contribution in [0.1, 0.15) is 30.4 Å². The molecule has 0 amide bonds. The highest BCUT2D eigenvalue weighted by molar-refractivity contribution is 7.99. The first kappa shape index (κ1) is 15.1. The van der Waals surface area contributed by atoms with Crippen molar-refractivity contribution in [3.05, 3.63) is 65.7 Å². The normalized spacial score (nSPS) is 12.3. The van der Waals surface area contributed by atoms with Gasteiger partial charge >= 0.3 is 0 Å². The van der Waals surface area contributed by atoms with Crippen LogP contribution >= 0.6 is 11.8 Å². The first-order chi connectivity index (χ1) is 9.79. The Kier molecular flexibility index (Phi) is 6.16. The predicted octanol–water partition coefficient (Wildman–Crippen LogP) is 4.47. The summed E-state index contributed by atoms with van der Waals surface area (Å²) in [5, 5.41) is 0. The van der Waals surface area contributed by atoms with E-state index in [0.29, 0.717) is 5.92 Å². The van der Waals surface area contributed by atoms with Crippen molar-refractivity contribution in [2.45, 2.75) is 30.6 Å². The summed E-state index contributed by atoms with van der Waals surface area (Å²) in [4.78, 5) is 1.36. The smallest absolute Gasteiger partial charge is 0.00749 e. The second kappa shape index (κ2) is 8.13. The Morgan fingerprint density at radius 2 is 1.85 bits per heavy atom. The van der Waals surface area contributed by atoms with Crippen LogP contribution in [0.25, 0.3) is 0 Å². The van der Waals surface area contributed by atoms with Crippen LogP contribution in [0.4, 0.5) is 0 Å². The van der Waals surface area contributed by atoms with Gasteiger partial charge in [-0.2, -0.15) is 0 Å². The van der Waals surface area contributed by atoms with Gasteiger partial charge in [-0.25, -0.2) is 0 Å². The van der Waals surface area contributed by atoms with E-state index in [0.717, 1.165) is 25.1 Å². The van der Waals surface area contributed by atoms with Crippen molar-refractivity contribution in [1.29, 1.82) is 0 Å². The van der Waals surface area contributed by atoms with E-state index in [9.17, 15) is 0 Å². The summed E-state index contributed by atoms with van der Waals surface area (Å²) < 4.78 is 0. The fraction of sp³-hybridized carbons (Fsp3) is 0.333. The first-order valence-electron chi connectivity index (χ1n) is 7.26. The van der Waals surface area contributed by atoms with Crippen molar-refractivity contribution in [1.82, 2.24) is 0 Å². The van der Waals surface area contributed by atoms with Crippen LogP contribution in [0.15, 0.2) is 59.5 Å². The zero-order valence-corrected chi connectivity index (χ0v) is 12.9. The van der Waals surface area contributed by atoms with Crippen LogP contribution < -0.4 is 5.73 Å². The molecule has 0 aliphatic carbocycles. The Morgan fingerprint density at radius 1 is 1.05 bits per heavy atom. The Morgan fingerprint density at radius 3 is 2.60 bits per heavy atom. The zero-order chi connectivity index (χ0) is 14.2. The molecule has 106 valence electrons. The highest BCUT2D eigenvalue weighted by atomic mass is 32.2. The molecule has 0 aromatic heterocycles. The second-order valence-electron chi connectivity index (χ2n) is 5.13. The Labute approximate surface area is 126 Å². The fourth-order valence-electron chi connectivity index (χ4n) is 2.26. The standard InChI is InChI=1S/C18H23NS/c1-15(10-12-19)17-8-5-9-18(14-17)20-13-11-16-6-3-2-4-7-16/h2-9,14-15H,10-13,19H2,1H3. The molecule has 2 aromatic carbocycles. The molecule has 0 aliphatic heterocycles. The van der Waals surface area contributed by atoms with Crippen molar-refractivity contribution < 1.29 is 0 Å². The fourth-order valence-corrected chi connectivity index (χ4v) is 3.23. The van der Waals surface area contributed by atoms with Crippen LogP contribution in [0, 0.1) is 0 Å². The molecule has 0 aliphatic rings. The zero-order valence-electron chi connectivity index (χ0n) is 12.1. The third-order valence-electron chi connectivity index (χ3n) is 3.53. The maximum atomic E-state index is 5.64. The Balaban J connectivity index is 1.88. The van der Waals surface area contributed by atoms with Gasteiger partial charge in [-0.05, 0) is 48.6 Å². The number of hydrogen-bond acceptors (Lipinski definition) is 2. The average molecular weight is 285 g/mol. The van der Waals surface area contributed by atoms with Gasteiger partial charge in [0.15, 0.2) is 0 Å². The molecule has 1 unspecified atom stereocenters. The SMILES string of the molecule is CC(CCN)c1cccc(SCCc2ccccc2)c1. The predicted molar refractivity (Wildman–Crippen MR) is 89.4 cm³/mol. The molecule has 0 fully saturated rings. The number of rotatable bonds is 7. The van der Waals surface area contributed by atoms with E-state index >= 15 is 0 Å². The van der Waals surface area contributed by atoms with E-state index in [1.807, 2.05) is 11.8 Å². The molecular weight excluding hydrogens is 262 g/mol. The average Bonchev–Trinajstić information content (AvgIpc) is 2.49. The molecule has 1 nitrogen and oxygen atoms in total. The maximum absolute atomic E-state index is 5.64. The van der Waals surface area contributed by atoms with Crippen LogP contribution in [-0.4, -0.2) is 12.3 Å². The minimum absolute atomic E-state index is 0.551. The highest BCUT2D eigenvalue weighted by Gasteiger charge is 2.05. The van der Waals surface area contributed by atoms with Crippen molar-refractivity contribution in [2.75, 3.05) is 12.3 Å². The van der Waals surface area contributed by atoms with E-state index in [1.165, 1.54) is 16.0 Å². The molecule has 2 N–H and O–H groups in total. The first-order valence-corrected chi connectivity index (χ1v) is 8.25. The van der Waals surface area contributed by atoms with Crippen molar-refractivity contribution in [3.63, 3.8) is 0 Å². The van der Waals surface area contributed by atoms with Gasteiger partial charge in [-0.15, -0.1) is 11.8 Å². The second-order valence-corrected chi connectivity index (χ2v) is 6.30. The molecule has 0 saturated carbocycles. The summed E-state index contributed by atoms with van der Waals surface area (Å²) in [5.74, 6) is 1.67. The van der Waals surface area contributed by atoms with Crippen LogP contribution in [0.5, 0.6) is 0 Å². The third-order valence-corrected chi connectivity index (χ3v) is 4.52. The molecule has 0 radical (unpaired) electrons. The summed E-state index contributed by atoms with van der Waals surface area (Å²) in [6.45, 7) is 3.01. The molecule has 0 heterocycles. The molecule has 0 bridgehead atoms. The Hall–Kier alpha value is -1.25. The van der Waals surface area contributed by atoms with Gasteiger partial charge in [-0.1, -0.05) is 49.4 Å². The van der Waals surface area contributed by atoms with Crippen LogP contribution in [0.2, 0.25) is 0 Å². The van der Waals surface area contributed by atoms with E-state index in [1.54, 1.807) is 0 Å². The lowest BCUT2D eigenvalue weighted by molar-refractivity contribution is 0.688. The number of hydrogen-bond donors (Lipinski definition) is 1. The van der Waals surface area contributed by atoms with Gasteiger partial charge in [0.1, 0.15) is 0 Å². The molecule has 2 aromatic rings. The van der Waals surface area contributed by atoms with Crippen LogP contribution in [-0.2, 0) is 6.42 Å². The molecule has 2 heteroatoms. The van der Waals surface area contributed by atoms with Crippen LogP contribution in [0.3, 0.4) is 0 Å². The molecule has 20 heavy (non-hydrogen) atoms.